The van der Waals surface area contributed by atoms with Gasteiger partial charge in [-0.25, -0.2) is 4.79 Å². The topological polar surface area (TPSA) is 140 Å². The molecule has 9 nitrogen and oxygen atoms in total. The third-order valence-electron chi connectivity index (χ3n) is 8.09. The minimum absolute atomic E-state index is 0.0524. The van der Waals surface area contributed by atoms with Crippen LogP contribution in [-0.2, 0) is 28.6 Å². The van der Waals surface area contributed by atoms with Gasteiger partial charge in [0.1, 0.15) is 5.92 Å². The monoisotopic (exact) mass is 458 g/mol. The number of rotatable bonds is 9. The summed E-state index contributed by atoms with van der Waals surface area (Å²) in [7, 11) is 2.25. The second-order valence-corrected chi connectivity index (χ2v) is 10.2. The van der Waals surface area contributed by atoms with Crippen LogP contribution in [0, 0.1) is 28.6 Å². The Morgan fingerprint density at radius 2 is 1.66 bits per heavy atom. The molecule has 0 aromatic rings. The van der Waals surface area contributed by atoms with Gasteiger partial charge in [0.15, 0.2) is 6.10 Å². The number of carbonyl (C=O) groups excluding carboxylic acids is 2. The Hall–Kier alpha value is -1.71. The standard InChI is InChI=1S/C23H38O9/c1-21(13-24)8-6-9-22(2)15(21)7-10-23(3,29)16(22)12-32-18(20(28)31-5)14(11-17(25)26)19(27)30-4/h14-16,18,24,29H,6-13H2,1-5H3,(H,25,26). The van der Waals surface area contributed by atoms with Gasteiger partial charge in [-0.3, -0.25) is 9.59 Å². The molecule has 2 fully saturated rings. The molecule has 2 rings (SSSR count). The fourth-order valence-corrected chi connectivity index (χ4v) is 6.31. The van der Waals surface area contributed by atoms with E-state index in [9.17, 15) is 29.7 Å². The molecule has 0 bridgehead atoms. The van der Waals surface area contributed by atoms with Crippen molar-refractivity contribution in [2.45, 2.75) is 71.0 Å². The van der Waals surface area contributed by atoms with Crippen molar-refractivity contribution in [2.75, 3.05) is 27.4 Å². The molecular weight excluding hydrogens is 420 g/mol. The minimum Gasteiger partial charge on any atom is -0.481 e. The third kappa shape index (κ3) is 5.10. The van der Waals surface area contributed by atoms with E-state index in [0.29, 0.717) is 6.42 Å². The van der Waals surface area contributed by atoms with Crippen molar-refractivity contribution in [1.82, 2.24) is 0 Å². The van der Waals surface area contributed by atoms with Crippen molar-refractivity contribution in [3.63, 3.8) is 0 Å². The van der Waals surface area contributed by atoms with Crippen LogP contribution >= 0.6 is 0 Å². The number of carboxylic acids is 1. The first-order valence-electron chi connectivity index (χ1n) is 11.2. The molecule has 0 heterocycles. The summed E-state index contributed by atoms with van der Waals surface area (Å²) in [5, 5.41) is 30.6. The number of ether oxygens (including phenoxy) is 3. The van der Waals surface area contributed by atoms with Gasteiger partial charge in [-0.1, -0.05) is 20.3 Å². The molecule has 2 saturated carbocycles. The second-order valence-electron chi connectivity index (χ2n) is 10.2. The van der Waals surface area contributed by atoms with E-state index in [1.54, 1.807) is 6.92 Å². The largest absolute Gasteiger partial charge is 0.481 e. The highest BCUT2D eigenvalue weighted by Gasteiger charge is 2.59. The smallest absolute Gasteiger partial charge is 0.335 e. The Balaban J connectivity index is 2.35. The molecule has 0 radical (unpaired) electrons. The molecule has 32 heavy (non-hydrogen) atoms. The number of carbonyl (C=O) groups is 3. The van der Waals surface area contributed by atoms with E-state index in [0.717, 1.165) is 39.9 Å². The van der Waals surface area contributed by atoms with Gasteiger partial charge in [0, 0.05) is 12.5 Å². The van der Waals surface area contributed by atoms with Gasteiger partial charge in [-0.2, -0.15) is 0 Å². The summed E-state index contributed by atoms with van der Waals surface area (Å²) in [4.78, 5) is 36.0. The first-order chi connectivity index (χ1) is 14.9. The van der Waals surface area contributed by atoms with Crippen LogP contribution in [0.3, 0.4) is 0 Å². The first kappa shape index (κ1) is 26.5. The van der Waals surface area contributed by atoms with Crippen LogP contribution in [0.15, 0.2) is 0 Å². The average Bonchev–Trinajstić information content (AvgIpc) is 2.72. The van der Waals surface area contributed by atoms with Gasteiger partial charge in [0.2, 0.25) is 0 Å². The van der Waals surface area contributed by atoms with Crippen molar-refractivity contribution in [2.24, 2.45) is 28.6 Å². The van der Waals surface area contributed by atoms with Gasteiger partial charge in [0.05, 0.1) is 32.8 Å². The van der Waals surface area contributed by atoms with Gasteiger partial charge in [-0.05, 0) is 49.4 Å². The molecule has 0 aromatic carbocycles. The fraction of sp³-hybridized carbons (Fsp3) is 0.870. The van der Waals surface area contributed by atoms with E-state index in [-0.39, 0.29) is 30.0 Å². The number of fused-ring (bicyclic) bond motifs is 1. The molecule has 0 saturated heterocycles. The molecule has 2 aliphatic carbocycles. The number of aliphatic hydroxyl groups excluding tert-OH is 1. The molecule has 0 aromatic heterocycles. The number of methoxy groups -OCH3 is 2. The number of aliphatic carboxylic acids is 1. The van der Waals surface area contributed by atoms with Crippen molar-refractivity contribution in [3.05, 3.63) is 0 Å². The molecular formula is C23H38O9. The van der Waals surface area contributed by atoms with Crippen LogP contribution < -0.4 is 0 Å². The predicted octanol–water partition coefficient (Wildman–Crippen LogP) is 1.77. The Morgan fingerprint density at radius 1 is 1.03 bits per heavy atom. The van der Waals surface area contributed by atoms with E-state index in [1.165, 1.54) is 0 Å². The van der Waals surface area contributed by atoms with Crippen LogP contribution in [-0.4, -0.2) is 72.4 Å². The molecule has 7 atom stereocenters. The van der Waals surface area contributed by atoms with E-state index < -0.39 is 47.9 Å². The highest BCUT2D eigenvalue weighted by molar-refractivity contribution is 5.86. The van der Waals surface area contributed by atoms with E-state index >= 15 is 0 Å². The average molecular weight is 459 g/mol. The van der Waals surface area contributed by atoms with Crippen molar-refractivity contribution in [1.29, 1.82) is 0 Å². The molecule has 184 valence electrons. The molecule has 0 amide bonds. The van der Waals surface area contributed by atoms with Gasteiger partial charge in [0.25, 0.3) is 0 Å². The lowest BCUT2D eigenvalue weighted by Crippen LogP contribution is -2.60. The predicted molar refractivity (Wildman–Crippen MR) is 114 cm³/mol. The van der Waals surface area contributed by atoms with E-state index in [2.05, 4.69) is 13.8 Å². The first-order valence-corrected chi connectivity index (χ1v) is 11.2. The molecule has 0 aliphatic heterocycles. The second kappa shape index (κ2) is 10.1. The van der Waals surface area contributed by atoms with Gasteiger partial charge in [-0.15, -0.1) is 0 Å². The lowest BCUT2D eigenvalue weighted by molar-refractivity contribution is -0.206. The lowest BCUT2D eigenvalue weighted by atomic mass is 9.45. The Labute approximate surface area is 189 Å². The maximum Gasteiger partial charge on any atom is 0.335 e. The maximum atomic E-state index is 12.5. The van der Waals surface area contributed by atoms with Crippen molar-refractivity contribution < 1.29 is 43.9 Å². The summed E-state index contributed by atoms with van der Waals surface area (Å²) in [6, 6.07) is 0. The molecule has 9 heteroatoms. The van der Waals surface area contributed by atoms with Crippen LogP contribution in [0.5, 0.6) is 0 Å². The quantitative estimate of drug-likeness (QED) is 0.441. The number of hydrogen-bond donors (Lipinski definition) is 3. The zero-order chi connectivity index (χ0) is 24.3. The van der Waals surface area contributed by atoms with Gasteiger partial charge < -0.3 is 29.5 Å². The van der Waals surface area contributed by atoms with Crippen molar-refractivity contribution >= 4 is 17.9 Å². The molecule has 2 aliphatic rings. The van der Waals surface area contributed by atoms with Crippen LogP contribution in [0.4, 0.5) is 0 Å². The summed E-state index contributed by atoms with van der Waals surface area (Å²) < 4.78 is 15.4. The highest BCUT2D eigenvalue weighted by Crippen LogP contribution is 2.62. The van der Waals surface area contributed by atoms with Gasteiger partial charge >= 0.3 is 17.9 Å². The van der Waals surface area contributed by atoms with Crippen LogP contribution in [0.25, 0.3) is 0 Å². The minimum atomic E-state index is -1.48. The zero-order valence-corrected chi connectivity index (χ0v) is 19.8. The number of carboxylic acid groups (broad SMARTS) is 1. The van der Waals surface area contributed by atoms with Crippen LogP contribution in [0.2, 0.25) is 0 Å². The number of esters is 2. The fourth-order valence-electron chi connectivity index (χ4n) is 6.31. The zero-order valence-electron chi connectivity index (χ0n) is 19.8. The summed E-state index contributed by atoms with van der Waals surface area (Å²) in [5.41, 5.74) is -1.74. The maximum absolute atomic E-state index is 12.5. The van der Waals surface area contributed by atoms with Crippen molar-refractivity contribution in [3.8, 4) is 0 Å². The SMILES string of the molecule is COC(=O)C(CC(=O)O)C(OCC1C(C)(O)CCC2C(C)(CO)CCCC12C)C(=O)OC. The summed E-state index contributed by atoms with van der Waals surface area (Å²) in [6.45, 7) is 5.90. The highest BCUT2D eigenvalue weighted by atomic mass is 16.6. The molecule has 7 unspecified atom stereocenters. The summed E-state index contributed by atoms with van der Waals surface area (Å²) in [5.74, 6) is -4.66. The molecule has 0 spiro atoms. The summed E-state index contributed by atoms with van der Waals surface area (Å²) in [6.07, 6.45) is 1.76. The van der Waals surface area contributed by atoms with Crippen LogP contribution in [0.1, 0.15) is 59.3 Å². The Kier molecular flexibility index (Phi) is 8.34. The Morgan fingerprint density at radius 3 is 2.19 bits per heavy atom. The lowest BCUT2D eigenvalue weighted by Gasteiger charge is -2.61. The summed E-state index contributed by atoms with van der Waals surface area (Å²) >= 11 is 0. The Bertz CT molecular complexity index is 706. The molecule has 3 N–H and O–H groups in total. The third-order valence-corrected chi connectivity index (χ3v) is 8.09. The van der Waals surface area contributed by atoms with E-state index in [4.69, 9.17) is 14.2 Å². The normalized spacial score (nSPS) is 36.5. The number of hydrogen-bond acceptors (Lipinski definition) is 8. The number of aliphatic hydroxyl groups is 2. The van der Waals surface area contributed by atoms with E-state index in [1.807, 2.05) is 0 Å².